The molecule has 0 aromatic carbocycles. The summed E-state index contributed by atoms with van der Waals surface area (Å²) in [6.45, 7) is 5.85. The molecule has 0 aromatic rings. The first-order chi connectivity index (χ1) is 9.22. The molecule has 1 fully saturated rings. The van der Waals surface area contributed by atoms with Gasteiger partial charge >= 0.3 is 0 Å². The average molecular weight is 267 g/mol. The van der Waals surface area contributed by atoms with Gasteiger partial charge in [-0.25, -0.2) is 0 Å². The number of hydrogen-bond donors (Lipinski definition) is 0. The molecule has 1 aliphatic rings. The second kappa shape index (κ2) is 8.89. The number of rotatable bonds is 7. The van der Waals surface area contributed by atoms with Gasteiger partial charge in [0.2, 0.25) is 5.91 Å². The Morgan fingerprint density at radius 3 is 2.58 bits per heavy atom. The number of nitriles is 1. The van der Waals surface area contributed by atoms with Crippen LogP contribution in [0.1, 0.15) is 32.6 Å². The van der Waals surface area contributed by atoms with Crippen molar-refractivity contribution in [3.05, 3.63) is 0 Å². The van der Waals surface area contributed by atoms with Crippen LogP contribution in [0.5, 0.6) is 0 Å². The molecule has 1 heterocycles. The van der Waals surface area contributed by atoms with Gasteiger partial charge in [-0.15, -0.1) is 0 Å². The minimum Gasteiger partial charge on any atom is -0.385 e. The van der Waals surface area contributed by atoms with E-state index in [1.54, 1.807) is 7.11 Å². The van der Waals surface area contributed by atoms with Crippen molar-refractivity contribution in [1.29, 1.82) is 5.26 Å². The maximum absolute atomic E-state index is 11.9. The van der Waals surface area contributed by atoms with Crippen molar-refractivity contribution in [2.24, 2.45) is 0 Å². The van der Waals surface area contributed by atoms with E-state index in [9.17, 15) is 4.79 Å². The third-order valence-corrected chi connectivity index (χ3v) is 3.56. The molecule has 0 aliphatic carbocycles. The third kappa shape index (κ3) is 5.17. The number of carbonyl (C=O) groups is 1. The molecular formula is C14H25N3O2. The van der Waals surface area contributed by atoms with Gasteiger partial charge in [0.1, 0.15) is 0 Å². The van der Waals surface area contributed by atoms with Crippen LogP contribution in [0.15, 0.2) is 0 Å². The van der Waals surface area contributed by atoms with Gasteiger partial charge in [-0.3, -0.25) is 9.69 Å². The second-order valence-corrected chi connectivity index (χ2v) is 4.95. The zero-order chi connectivity index (χ0) is 14.1. The molecule has 0 bridgehead atoms. The van der Waals surface area contributed by atoms with E-state index in [1.807, 2.05) is 4.90 Å². The van der Waals surface area contributed by atoms with E-state index < -0.39 is 0 Å². The zero-order valence-corrected chi connectivity index (χ0v) is 12.1. The van der Waals surface area contributed by atoms with Crippen molar-refractivity contribution >= 4 is 5.91 Å². The van der Waals surface area contributed by atoms with Crippen LogP contribution in [0.4, 0.5) is 0 Å². The first-order valence-electron chi connectivity index (χ1n) is 7.13. The number of ether oxygens (including phenoxy) is 1. The van der Waals surface area contributed by atoms with Gasteiger partial charge in [-0.2, -0.15) is 5.26 Å². The number of piperazine rings is 1. The highest BCUT2D eigenvalue weighted by Crippen LogP contribution is 2.11. The topological polar surface area (TPSA) is 56.6 Å². The van der Waals surface area contributed by atoms with Crippen molar-refractivity contribution in [2.45, 2.75) is 38.6 Å². The Labute approximate surface area is 116 Å². The van der Waals surface area contributed by atoms with Crippen molar-refractivity contribution in [2.75, 3.05) is 39.9 Å². The number of methoxy groups -OCH3 is 1. The average Bonchev–Trinajstić information content (AvgIpc) is 2.45. The zero-order valence-electron chi connectivity index (χ0n) is 12.1. The molecule has 1 rings (SSSR count). The Morgan fingerprint density at radius 1 is 1.37 bits per heavy atom. The van der Waals surface area contributed by atoms with Crippen molar-refractivity contribution in [3.63, 3.8) is 0 Å². The summed E-state index contributed by atoms with van der Waals surface area (Å²) in [6.07, 6.45) is 3.28. The number of hydrogen-bond acceptors (Lipinski definition) is 4. The summed E-state index contributed by atoms with van der Waals surface area (Å²) in [5.74, 6) is 0.209. The third-order valence-electron chi connectivity index (χ3n) is 3.56. The quantitative estimate of drug-likeness (QED) is 0.651. The van der Waals surface area contributed by atoms with E-state index in [4.69, 9.17) is 10.00 Å². The molecule has 1 atom stereocenters. The minimum atomic E-state index is 0.00995. The van der Waals surface area contributed by atoms with E-state index >= 15 is 0 Å². The predicted molar refractivity (Wildman–Crippen MR) is 73.6 cm³/mol. The Hall–Kier alpha value is -1.12. The molecule has 5 heteroatoms. The fourth-order valence-electron chi connectivity index (χ4n) is 2.41. The van der Waals surface area contributed by atoms with Crippen molar-refractivity contribution in [3.8, 4) is 6.07 Å². The van der Waals surface area contributed by atoms with Crippen LogP contribution in [0.3, 0.4) is 0 Å². The van der Waals surface area contributed by atoms with E-state index in [0.29, 0.717) is 13.0 Å². The smallest absolute Gasteiger partial charge is 0.222 e. The van der Waals surface area contributed by atoms with Crippen LogP contribution >= 0.6 is 0 Å². The Balaban J connectivity index is 2.32. The summed E-state index contributed by atoms with van der Waals surface area (Å²) in [6, 6.07) is 2.37. The monoisotopic (exact) mass is 267 g/mol. The van der Waals surface area contributed by atoms with Crippen LogP contribution < -0.4 is 0 Å². The molecule has 19 heavy (non-hydrogen) atoms. The SMILES string of the molecule is CCCC(C#N)N1CCN(C(=O)CCCOC)CC1. The fraction of sp³-hybridized carbons (Fsp3) is 0.857. The van der Waals surface area contributed by atoms with Gasteiger partial charge in [0, 0.05) is 46.3 Å². The molecule has 0 aromatic heterocycles. The lowest BCUT2D eigenvalue weighted by molar-refractivity contribution is -0.133. The van der Waals surface area contributed by atoms with Crippen molar-refractivity contribution in [1.82, 2.24) is 9.80 Å². The van der Waals surface area contributed by atoms with Crippen LogP contribution in [-0.4, -0.2) is 61.6 Å². The molecule has 1 amide bonds. The molecule has 108 valence electrons. The highest BCUT2D eigenvalue weighted by molar-refractivity contribution is 5.76. The maximum atomic E-state index is 11.9. The van der Waals surface area contributed by atoms with Crippen LogP contribution in [0, 0.1) is 11.3 Å². The highest BCUT2D eigenvalue weighted by atomic mass is 16.5. The normalized spacial score (nSPS) is 18.1. The maximum Gasteiger partial charge on any atom is 0.222 e. The molecule has 0 spiro atoms. The minimum absolute atomic E-state index is 0.00995. The molecule has 0 radical (unpaired) electrons. The van der Waals surface area contributed by atoms with E-state index in [-0.39, 0.29) is 11.9 Å². The summed E-state index contributed by atoms with van der Waals surface area (Å²) in [7, 11) is 1.65. The van der Waals surface area contributed by atoms with Gasteiger partial charge < -0.3 is 9.64 Å². The summed E-state index contributed by atoms with van der Waals surface area (Å²) in [4.78, 5) is 16.0. The Bertz CT molecular complexity index is 306. The molecular weight excluding hydrogens is 242 g/mol. The van der Waals surface area contributed by atoms with Gasteiger partial charge in [0.15, 0.2) is 0 Å². The predicted octanol–water partition coefficient (Wildman–Crippen LogP) is 1.25. The molecule has 1 aliphatic heterocycles. The Morgan fingerprint density at radius 2 is 2.05 bits per heavy atom. The molecule has 1 saturated heterocycles. The van der Waals surface area contributed by atoms with E-state index in [0.717, 1.165) is 45.4 Å². The van der Waals surface area contributed by atoms with Gasteiger partial charge in [-0.1, -0.05) is 13.3 Å². The van der Waals surface area contributed by atoms with Crippen LogP contribution in [-0.2, 0) is 9.53 Å². The summed E-state index contributed by atoms with van der Waals surface area (Å²) >= 11 is 0. The lowest BCUT2D eigenvalue weighted by Gasteiger charge is -2.37. The van der Waals surface area contributed by atoms with E-state index in [1.165, 1.54) is 0 Å². The molecule has 0 saturated carbocycles. The highest BCUT2D eigenvalue weighted by Gasteiger charge is 2.25. The summed E-state index contributed by atoms with van der Waals surface area (Å²) in [5.41, 5.74) is 0. The van der Waals surface area contributed by atoms with Gasteiger partial charge in [0.25, 0.3) is 0 Å². The molecule has 5 nitrogen and oxygen atoms in total. The lowest BCUT2D eigenvalue weighted by Crippen LogP contribution is -2.51. The second-order valence-electron chi connectivity index (χ2n) is 4.95. The number of nitrogens with zero attached hydrogens (tertiary/aromatic N) is 3. The summed E-state index contributed by atoms with van der Waals surface area (Å²) < 4.78 is 4.95. The first kappa shape index (κ1) is 15.9. The van der Waals surface area contributed by atoms with E-state index in [2.05, 4.69) is 17.9 Å². The van der Waals surface area contributed by atoms with Crippen molar-refractivity contribution < 1.29 is 9.53 Å². The van der Waals surface area contributed by atoms with Gasteiger partial charge in [-0.05, 0) is 12.8 Å². The summed E-state index contributed by atoms with van der Waals surface area (Å²) in [5, 5.41) is 9.14. The van der Waals surface area contributed by atoms with Gasteiger partial charge in [0.05, 0.1) is 12.1 Å². The number of carbonyl (C=O) groups excluding carboxylic acids is 1. The molecule has 0 N–H and O–H groups in total. The van der Waals surface area contributed by atoms with Crippen LogP contribution in [0.2, 0.25) is 0 Å². The lowest BCUT2D eigenvalue weighted by atomic mass is 10.1. The van der Waals surface area contributed by atoms with Crippen LogP contribution in [0.25, 0.3) is 0 Å². The number of amides is 1. The largest absolute Gasteiger partial charge is 0.385 e. The first-order valence-corrected chi connectivity index (χ1v) is 7.13. The Kier molecular flexibility index (Phi) is 7.46. The fourth-order valence-corrected chi connectivity index (χ4v) is 2.41. The molecule has 1 unspecified atom stereocenters. The standard InChI is InChI=1S/C14H25N3O2/c1-3-5-13(12-15)16-7-9-17(10-8-16)14(18)6-4-11-19-2/h13H,3-11H2,1-2H3.